The Balaban J connectivity index is 2.70. The second-order valence-corrected chi connectivity index (χ2v) is 6.04. The van der Waals surface area contributed by atoms with Crippen LogP contribution in [0.2, 0.25) is 0 Å². The van der Waals surface area contributed by atoms with Gasteiger partial charge in [0.25, 0.3) is 0 Å². The molecule has 0 saturated heterocycles. The quantitative estimate of drug-likeness (QED) is 0.762. The van der Waals surface area contributed by atoms with Crippen LogP contribution >= 0.6 is 0 Å². The third-order valence-electron chi connectivity index (χ3n) is 2.13. The molecule has 5 nitrogen and oxygen atoms in total. The number of nitrogens with two attached hydrogens (primary N) is 1. The number of carbonyl (C=O) groups is 1. The highest BCUT2D eigenvalue weighted by atomic mass is 32.2. The Bertz CT molecular complexity index is 516. The van der Waals surface area contributed by atoms with Gasteiger partial charge in [0.1, 0.15) is 15.7 Å². The molecule has 0 radical (unpaired) electrons. The maximum Gasteiger partial charge on any atom is 0.181 e. The van der Waals surface area contributed by atoms with Crippen LogP contribution in [0.5, 0.6) is 0 Å². The van der Waals surface area contributed by atoms with Gasteiger partial charge in [-0.2, -0.15) is 0 Å². The maximum absolute atomic E-state index is 12.8. The maximum atomic E-state index is 12.8. The molecule has 0 saturated carbocycles. The van der Waals surface area contributed by atoms with Crippen molar-refractivity contribution in [1.29, 1.82) is 0 Å². The summed E-state index contributed by atoms with van der Waals surface area (Å²) in [7, 11) is -3.16. The molecule has 7 heteroatoms. The summed E-state index contributed by atoms with van der Waals surface area (Å²) in [6, 6.07) is 0.0589. The summed E-state index contributed by atoms with van der Waals surface area (Å²) in [6.07, 6.45) is 3.24. The van der Waals surface area contributed by atoms with Crippen molar-refractivity contribution >= 4 is 15.6 Å². The van der Waals surface area contributed by atoms with Crippen molar-refractivity contribution in [3.8, 4) is 0 Å². The fourth-order valence-corrected chi connectivity index (χ4v) is 1.91. The van der Waals surface area contributed by atoms with Crippen LogP contribution in [0.3, 0.4) is 0 Å². The Morgan fingerprint density at radius 3 is 2.71 bits per heavy atom. The molecule has 0 bridgehead atoms. The highest BCUT2D eigenvalue weighted by Gasteiger charge is 2.18. The second kappa shape index (κ2) is 5.33. The highest BCUT2D eigenvalue weighted by molar-refractivity contribution is 7.90. The number of Topliss-reactive ketones (excluding diaryl/α,β-unsaturated/α-hetero) is 1. The predicted molar refractivity (Wildman–Crippen MR) is 60.8 cm³/mol. The first-order valence-electron chi connectivity index (χ1n) is 4.87. The second-order valence-electron chi connectivity index (χ2n) is 3.78. The molecular weight excluding hydrogens is 247 g/mol. The van der Waals surface area contributed by atoms with E-state index in [-0.39, 0.29) is 17.7 Å². The molecule has 2 N–H and O–H groups in total. The number of carbonyl (C=O) groups excluding carboxylic acids is 1. The minimum absolute atomic E-state index is 0.00812. The van der Waals surface area contributed by atoms with E-state index in [9.17, 15) is 17.6 Å². The van der Waals surface area contributed by atoms with Crippen LogP contribution in [0, 0.1) is 5.82 Å². The lowest BCUT2D eigenvalue weighted by atomic mass is 10.1. The molecule has 1 unspecified atom stereocenters. The first-order chi connectivity index (χ1) is 7.79. The zero-order valence-corrected chi connectivity index (χ0v) is 10.1. The highest BCUT2D eigenvalue weighted by Crippen LogP contribution is 2.06. The largest absolute Gasteiger partial charge is 0.321 e. The zero-order valence-electron chi connectivity index (χ0n) is 9.26. The molecule has 0 aliphatic rings. The van der Waals surface area contributed by atoms with E-state index in [1.807, 2.05) is 0 Å². The summed E-state index contributed by atoms with van der Waals surface area (Å²) < 4.78 is 34.6. The third kappa shape index (κ3) is 4.58. The first kappa shape index (κ1) is 13.7. The van der Waals surface area contributed by atoms with Gasteiger partial charge in [-0.25, -0.2) is 12.8 Å². The van der Waals surface area contributed by atoms with E-state index in [2.05, 4.69) is 4.98 Å². The number of nitrogens with zero attached hydrogens (tertiary/aromatic N) is 1. The normalized spacial score (nSPS) is 13.4. The average molecular weight is 260 g/mol. The Morgan fingerprint density at radius 2 is 2.18 bits per heavy atom. The van der Waals surface area contributed by atoms with Crippen molar-refractivity contribution in [2.45, 2.75) is 12.5 Å². The van der Waals surface area contributed by atoms with Gasteiger partial charge in [-0.1, -0.05) is 0 Å². The fourth-order valence-electron chi connectivity index (χ4n) is 1.23. The summed E-state index contributed by atoms with van der Waals surface area (Å²) in [4.78, 5) is 15.2. The van der Waals surface area contributed by atoms with Gasteiger partial charge >= 0.3 is 0 Å². The van der Waals surface area contributed by atoms with E-state index in [1.165, 1.54) is 6.20 Å². The van der Waals surface area contributed by atoms with Crippen LogP contribution in [0.1, 0.15) is 16.8 Å². The molecule has 1 aromatic heterocycles. The molecule has 94 valence electrons. The summed E-state index contributed by atoms with van der Waals surface area (Å²) in [5.74, 6) is -1.32. The number of hydrogen-bond acceptors (Lipinski definition) is 5. The number of ketones is 1. The van der Waals surface area contributed by atoms with Crippen molar-refractivity contribution in [2.75, 3.05) is 12.0 Å². The van der Waals surface area contributed by atoms with Crippen molar-refractivity contribution < 1.29 is 17.6 Å². The van der Waals surface area contributed by atoms with Crippen LogP contribution < -0.4 is 5.73 Å². The van der Waals surface area contributed by atoms with E-state index in [0.29, 0.717) is 0 Å². The van der Waals surface area contributed by atoms with Gasteiger partial charge < -0.3 is 5.73 Å². The van der Waals surface area contributed by atoms with Crippen LogP contribution in [0.15, 0.2) is 18.5 Å². The van der Waals surface area contributed by atoms with E-state index < -0.39 is 27.5 Å². The predicted octanol–water partition coefficient (Wildman–Crippen LogP) is 0.165. The molecule has 1 aromatic rings. The Morgan fingerprint density at radius 1 is 1.53 bits per heavy atom. The number of pyridine rings is 1. The molecule has 0 spiro atoms. The van der Waals surface area contributed by atoms with Gasteiger partial charge in [0.15, 0.2) is 5.78 Å². The van der Waals surface area contributed by atoms with Gasteiger partial charge in [-0.15, -0.1) is 0 Å². The van der Waals surface area contributed by atoms with Gasteiger partial charge in [-0.05, 0) is 12.5 Å². The van der Waals surface area contributed by atoms with Crippen LogP contribution in [0.4, 0.5) is 4.39 Å². The fraction of sp³-hybridized carbons (Fsp3) is 0.400. The van der Waals surface area contributed by atoms with Gasteiger partial charge in [0, 0.05) is 18.0 Å². The standard InChI is InChI=1S/C10H13FN2O3S/c1-17(15,16)3-2-9(12)10(14)7-4-8(11)6-13-5-7/h4-6,9H,2-3,12H2,1H3. The number of hydrogen-bond donors (Lipinski definition) is 1. The summed E-state index contributed by atoms with van der Waals surface area (Å²) in [5, 5.41) is 0. The first-order valence-corrected chi connectivity index (χ1v) is 6.94. The van der Waals surface area contributed by atoms with E-state index in [0.717, 1.165) is 18.5 Å². The minimum atomic E-state index is -3.16. The Labute approximate surface area is 98.8 Å². The number of rotatable bonds is 5. The summed E-state index contributed by atoms with van der Waals surface area (Å²) >= 11 is 0. The van der Waals surface area contributed by atoms with E-state index in [4.69, 9.17) is 5.73 Å². The monoisotopic (exact) mass is 260 g/mol. The molecule has 0 fully saturated rings. The summed E-state index contributed by atoms with van der Waals surface area (Å²) in [5.41, 5.74) is 5.59. The van der Waals surface area contributed by atoms with Crippen LogP contribution in [0.25, 0.3) is 0 Å². The molecule has 0 aromatic carbocycles. The molecule has 0 aliphatic carbocycles. The smallest absolute Gasteiger partial charge is 0.181 e. The lowest BCUT2D eigenvalue weighted by molar-refractivity contribution is 0.0959. The average Bonchev–Trinajstić information content (AvgIpc) is 2.24. The lowest BCUT2D eigenvalue weighted by Crippen LogP contribution is -2.32. The SMILES string of the molecule is CS(=O)(=O)CCC(N)C(=O)c1cncc(F)c1. The van der Waals surface area contributed by atoms with E-state index >= 15 is 0 Å². The molecule has 1 rings (SSSR count). The molecule has 0 aliphatic heterocycles. The van der Waals surface area contributed by atoms with Crippen LogP contribution in [-0.4, -0.2) is 37.2 Å². The lowest BCUT2D eigenvalue weighted by Gasteiger charge is -2.09. The van der Waals surface area contributed by atoms with Crippen molar-refractivity contribution in [2.24, 2.45) is 5.73 Å². The molecule has 17 heavy (non-hydrogen) atoms. The van der Waals surface area contributed by atoms with Gasteiger partial charge in [0.05, 0.1) is 18.0 Å². The van der Waals surface area contributed by atoms with Crippen molar-refractivity contribution in [3.05, 3.63) is 29.8 Å². The molecule has 1 heterocycles. The molecule has 1 atom stereocenters. The zero-order chi connectivity index (χ0) is 13.1. The van der Waals surface area contributed by atoms with Gasteiger partial charge in [0.2, 0.25) is 0 Å². The number of aromatic nitrogens is 1. The van der Waals surface area contributed by atoms with Crippen molar-refractivity contribution in [3.63, 3.8) is 0 Å². The topological polar surface area (TPSA) is 90.1 Å². The Kier molecular flexibility index (Phi) is 4.30. The molecular formula is C10H13FN2O3S. The molecule has 0 amide bonds. The van der Waals surface area contributed by atoms with E-state index in [1.54, 1.807) is 0 Å². The minimum Gasteiger partial charge on any atom is -0.321 e. The number of halogens is 1. The third-order valence-corrected chi connectivity index (χ3v) is 3.10. The Hall–Kier alpha value is -1.34. The summed E-state index contributed by atoms with van der Waals surface area (Å²) in [6.45, 7) is 0. The van der Waals surface area contributed by atoms with Crippen LogP contribution in [-0.2, 0) is 9.84 Å². The van der Waals surface area contributed by atoms with Crippen molar-refractivity contribution in [1.82, 2.24) is 4.98 Å². The van der Waals surface area contributed by atoms with Gasteiger partial charge in [-0.3, -0.25) is 9.78 Å². The number of sulfone groups is 1.